The van der Waals surface area contributed by atoms with Gasteiger partial charge in [-0.1, -0.05) is 44.7 Å². The summed E-state index contributed by atoms with van der Waals surface area (Å²) >= 11 is 1.77. The number of piperazine rings is 1. The highest BCUT2D eigenvalue weighted by Crippen LogP contribution is 2.34. The maximum Gasteiger partial charge on any atom is 0.410 e. The first-order valence-electron chi connectivity index (χ1n) is 11.9. The molecule has 0 radical (unpaired) electrons. The number of fused-ring (bicyclic) bond motifs is 1. The minimum absolute atomic E-state index is 0. The summed E-state index contributed by atoms with van der Waals surface area (Å²) < 4.78 is 5.54. The van der Waals surface area contributed by atoms with Crippen LogP contribution in [0.25, 0.3) is 10.9 Å². The van der Waals surface area contributed by atoms with Crippen LogP contribution < -0.4 is 4.90 Å². The third kappa shape index (κ3) is 6.83. The van der Waals surface area contributed by atoms with Crippen molar-refractivity contribution in [2.45, 2.75) is 62.3 Å². The van der Waals surface area contributed by atoms with Crippen molar-refractivity contribution in [2.75, 3.05) is 31.1 Å². The average molecular weight is 514 g/mol. The number of hydrogen-bond donors (Lipinski definition) is 0. The van der Waals surface area contributed by atoms with Crippen LogP contribution in [0.3, 0.4) is 0 Å². The molecule has 0 bridgehead atoms. The molecule has 1 amide bonds. The maximum absolute atomic E-state index is 12.4. The first-order chi connectivity index (χ1) is 16.0. The number of aromatic nitrogens is 1. The fourth-order valence-electron chi connectivity index (χ4n) is 4.07. The molecule has 1 aromatic heterocycles. The van der Waals surface area contributed by atoms with Gasteiger partial charge in [0.15, 0.2) is 0 Å². The fraction of sp³-hybridized carbons (Fsp3) is 0.429. The summed E-state index contributed by atoms with van der Waals surface area (Å²) in [7, 11) is 0. The predicted octanol–water partition coefficient (Wildman–Crippen LogP) is 7.16. The SMILES string of the molecule is CC(C)(C)OC(=O)N1CCN(c2ccnc3ccc(Sc4ccc(C(C)(C)C)cc4)cc23)CC1.Cl. The molecule has 0 unspecified atom stereocenters. The molecule has 3 aromatic rings. The number of benzene rings is 2. The van der Waals surface area contributed by atoms with Crippen LogP contribution in [-0.2, 0) is 10.2 Å². The normalized spacial score (nSPS) is 14.6. The van der Waals surface area contributed by atoms with Crippen molar-refractivity contribution in [2.24, 2.45) is 0 Å². The van der Waals surface area contributed by atoms with E-state index in [1.54, 1.807) is 16.7 Å². The molecule has 2 aromatic carbocycles. The number of anilines is 1. The van der Waals surface area contributed by atoms with Gasteiger partial charge >= 0.3 is 6.09 Å². The van der Waals surface area contributed by atoms with E-state index in [0.717, 1.165) is 24.0 Å². The van der Waals surface area contributed by atoms with Crippen molar-refractivity contribution in [3.05, 3.63) is 60.3 Å². The van der Waals surface area contributed by atoms with E-state index in [2.05, 4.69) is 79.2 Å². The quantitative estimate of drug-likeness (QED) is 0.371. The molecule has 1 saturated heterocycles. The monoisotopic (exact) mass is 513 g/mol. The lowest BCUT2D eigenvalue weighted by Crippen LogP contribution is -2.50. The Morgan fingerprint density at radius 2 is 1.51 bits per heavy atom. The Hall–Kier alpha value is -2.44. The highest BCUT2D eigenvalue weighted by molar-refractivity contribution is 7.99. The summed E-state index contributed by atoms with van der Waals surface area (Å²) in [5.74, 6) is 0. The first kappa shape index (κ1) is 27.2. The topological polar surface area (TPSA) is 45.7 Å². The van der Waals surface area contributed by atoms with Gasteiger partial charge in [-0.2, -0.15) is 0 Å². The molecule has 0 spiro atoms. The van der Waals surface area contributed by atoms with Gasteiger partial charge in [0.05, 0.1) is 5.52 Å². The van der Waals surface area contributed by atoms with E-state index < -0.39 is 5.60 Å². The standard InChI is InChI=1S/C28H35N3O2S.ClH/c1-27(2,3)20-7-9-21(10-8-20)34-22-11-12-24-23(19-22)25(13-14-29-24)30-15-17-31(18-16-30)26(32)33-28(4,5)6;/h7-14,19H,15-18H2,1-6H3;1H. The van der Waals surface area contributed by atoms with Gasteiger partial charge in [-0.25, -0.2) is 4.79 Å². The van der Waals surface area contributed by atoms with Crippen LogP contribution in [0, 0.1) is 0 Å². The summed E-state index contributed by atoms with van der Waals surface area (Å²) in [6, 6.07) is 17.4. The lowest BCUT2D eigenvalue weighted by molar-refractivity contribution is 0.0240. The van der Waals surface area contributed by atoms with Crippen molar-refractivity contribution in [1.29, 1.82) is 0 Å². The molecule has 188 valence electrons. The third-order valence-electron chi connectivity index (χ3n) is 5.92. The summed E-state index contributed by atoms with van der Waals surface area (Å²) in [6.07, 6.45) is 1.64. The number of rotatable bonds is 3. The number of amides is 1. The Bertz CT molecular complexity index is 1160. The van der Waals surface area contributed by atoms with Crippen LogP contribution in [0.2, 0.25) is 0 Å². The Morgan fingerprint density at radius 3 is 2.11 bits per heavy atom. The van der Waals surface area contributed by atoms with Crippen LogP contribution in [0.4, 0.5) is 10.5 Å². The van der Waals surface area contributed by atoms with E-state index in [9.17, 15) is 4.79 Å². The molecule has 1 fully saturated rings. The van der Waals surface area contributed by atoms with E-state index in [-0.39, 0.29) is 23.9 Å². The van der Waals surface area contributed by atoms with Crippen LogP contribution in [-0.4, -0.2) is 47.8 Å². The zero-order valence-corrected chi connectivity index (χ0v) is 23.1. The molecular formula is C28H36ClN3O2S. The van der Waals surface area contributed by atoms with E-state index in [0.29, 0.717) is 13.1 Å². The minimum Gasteiger partial charge on any atom is -0.444 e. The minimum atomic E-state index is -0.476. The van der Waals surface area contributed by atoms with Gasteiger partial charge in [0.25, 0.3) is 0 Å². The second-order valence-corrected chi connectivity index (χ2v) is 12.0. The lowest BCUT2D eigenvalue weighted by Gasteiger charge is -2.37. The molecule has 0 atom stereocenters. The van der Waals surface area contributed by atoms with Crippen molar-refractivity contribution >= 4 is 46.9 Å². The van der Waals surface area contributed by atoms with Gasteiger partial charge in [-0.15, -0.1) is 12.4 Å². The van der Waals surface area contributed by atoms with Gasteiger partial charge in [0, 0.05) is 53.2 Å². The van der Waals surface area contributed by atoms with Gasteiger partial charge in [0.1, 0.15) is 5.60 Å². The average Bonchev–Trinajstić information content (AvgIpc) is 2.77. The molecular weight excluding hydrogens is 478 g/mol. The number of carbonyl (C=O) groups excluding carboxylic acids is 1. The van der Waals surface area contributed by atoms with Crippen LogP contribution in [0.5, 0.6) is 0 Å². The van der Waals surface area contributed by atoms with Gasteiger partial charge in [-0.3, -0.25) is 4.98 Å². The lowest BCUT2D eigenvalue weighted by atomic mass is 9.87. The molecule has 1 aliphatic heterocycles. The molecule has 35 heavy (non-hydrogen) atoms. The van der Waals surface area contributed by atoms with Gasteiger partial charge < -0.3 is 14.5 Å². The molecule has 4 rings (SSSR count). The Balaban J connectivity index is 0.00000342. The van der Waals surface area contributed by atoms with Crippen LogP contribution >= 0.6 is 24.2 Å². The van der Waals surface area contributed by atoms with Gasteiger partial charge in [0.2, 0.25) is 0 Å². The van der Waals surface area contributed by atoms with Crippen molar-refractivity contribution in [3.8, 4) is 0 Å². The molecule has 2 heterocycles. The number of ether oxygens (including phenoxy) is 1. The van der Waals surface area contributed by atoms with Crippen LogP contribution in [0.15, 0.2) is 64.5 Å². The van der Waals surface area contributed by atoms with E-state index in [4.69, 9.17) is 4.74 Å². The largest absolute Gasteiger partial charge is 0.444 e. The molecule has 0 saturated carbocycles. The van der Waals surface area contributed by atoms with E-state index >= 15 is 0 Å². The fourth-order valence-corrected chi connectivity index (χ4v) is 4.92. The highest BCUT2D eigenvalue weighted by atomic mass is 35.5. The number of hydrogen-bond acceptors (Lipinski definition) is 5. The second kappa shape index (κ2) is 10.7. The molecule has 7 heteroatoms. The van der Waals surface area contributed by atoms with Crippen molar-refractivity contribution in [3.63, 3.8) is 0 Å². The zero-order chi connectivity index (χ0) is 24.5. The molecule has 0 N–H and O–H groups in total. The highest BCUT2D eigenvalue weighted by Gasteiger charge is 2.26. The van der Waals surface area contributed by atoms with Gasteiger partial charge in [-0.05, 0) is 68.1 Å². The number of pyridine rings is 1. The molecule has 5 nitrogen and oxygen atoms in total. The summed E-state index contributed by atoms with van der Waals surface area (Å²) in [5.41, 5.74) is 3.17. The number of carbonyl (C=O) groups is 1. The predicted molar refractivity (Wildman–Crippen MR) is 148 cm³/mol. The number of nitrogens with zero attached hydrogens (tertiary/aromatic N) is 3. The van der Waals surface area contributed by atoms with E-state index in [1.165, 1.54) is 21.0 Å². The maximum atomic E-state index is 12.4. The van der Waals surface area contributed by atoms with E-state index in [1.807, 2.05) is 27.0 Å². The number of halogens is 1. The Morgan fingerprint density at radius 1 is 0.886 bits per heavy atom. The summed E-state index contributed by atoms with van der Waals surface area (Å²) in [5, 5.41) is 1.14. The first-order valence-corrected chi connectivity index (χ1v) is 12.7. The molecule has 0 aliphatic carbocycles. The molecule has 1 aliphatic rings. The van der Waals surface area contributed by atoms with Crippen molar-refractivity contribution in [1.82, 2.24) is 9.88 Å². The van der Waals surface area contributed by atoms with Crippen molar-refractivity contribution < 1.29 is 9.53 Å². The smallest absolute Gasteiger partial charge is 0.410 e. The van der Waals surface area contributed by atoms with Crippen LogP contribution in [0.1, 0.15) is 47.1 Å². The second-order valence-electron chi connectivity index (χ2n) is 10.8. The Labute approximate surface area is 219 Å². The Kier molecular flexibility index (Phi) is 8.28. The summed E-state index contributed by atoms with van der Waals surface area (Å²) in [4.78, 5) is 23.6. The summed E-state index contributed by atoms with van der Waals surface area (Å²) in [6.45, 7) is 15.2. The third-order valence-corrected chi connectivity index (χ3v) is 6.92. The zero-order valence-electron chi connectivity index (χ0n) is 21.5.